The molecule has 1 aliphatic heterocycles. The van der Waals surface area contributed by atoms with Crippen molar-refractivity contribution in [2.24, 2.45) is 0 Å². The Morgan fingerprint density at radius 1 is 1.42 bits per heavy atom. The maximum absolute atomic E-state index is 12.7. The van der Waals surface area contributed by atoms with Crippen molar-refractivity contribution in [1.82, 2.24) is 14.8 Å². The number of nitrogens with zero attached hydrogens (tertiary/aromatic N) is 3. The van der Waals surface area contributed by atoms with Crippen LogP contribution in [-0.2, 0) is 9.84 Å². The van der Waals surface area contributed by atoms with Gasteiger partial charge in [0.1, 0.15) is 0 Å². The Hall–Kier alpha value is -1.39. The minimum Gasteiger partial charge on any atom is -0.360 e. The van der Waals surface area contributed by atoms with Crippen LogP contribution in [0.4, 0.5) is 5.13 Å². The van der Waals surface area contributed by atoms with Gasteiger partial charge in [0, 0.05) is 29.5 Å². The van der Waals surface area contributed by atoms with Crippen LogP contribution in [0.25, 0.3) is 0 Å². The second-order valence-corrected chi connectivity index (χ2v) is 10.8. The highest BCUT2D eigenvalue weighted by Gasteiger charge is 2.31. The first-order valence-corrected chi connectivity index (χ1v) is 12.1. The summed E-state index contributed by atoms with van der Waals surface area (Å²) in [6.07, 6.45) is 0.610. The molecule has 1 aliphatic rings. The van der Waals surface area contributed by atoms with Gasteiger partial charge in [-0.2, -0.15) is 0 Å². The van der Waals surface area contributed by atoms with Gasteiger partial charge in [-0.25, -0.2) is 8.42 Å². The third kappa shape index (κ3) is 4.12. The van der Waals surface area contributed by atoms with E-state index in [2.05, 4.69) is 15.5 Å². The maximum Gasteiger partial charge on any atom is 0.206 e. The van der Waals surface area contributed by atoms with E-state index in [4.69, 9.17) is 0 Å². The number of carbonyl (C=O) groups is 1. The van der Waals surface area contributed by atoms with E-state index in [1.165, 1.54) is 23.1 Å². The molecule has 2 aromatic rings. The van der Waals surface area contributed by atoms with E-state index in [1.54, 1.807) is 0 Å². The van der Waals surface area contributed by atoms with Crippen molar-refractivity contribution in [3.8, 4) is 0 Å². The number of thioether (sulfide) groups is 1. The summed E-state index contributed by atoms with van der Waals surface area (Å²) < 4.78 is 26.3. The summed E-state index contributed by atoms with van der Waals surface area (Å²) in [5.41, 5.74) is 2.44. The maximum atomic E-state index is 12.7. The minimum absolute atomic E-state index is 0.0235. The van der Waals surface area contributed by atoms with Gasteiger partial charge >= 0.3 is 0 Å². The smallest absolute Gasteiger partial charge is 0.206 e. The largest absolute Gasteiger partial charge is 0.360 e. The van der Waals surface area contributed by atoms with Crippen molar-refractivity contribution >= 4 is 43.9 Å². The summed E-state index contributed by atoms with van der Waals surface area (Å²) in [5, 5.41) is 11.9. The number of rotatable bonds is 7. The second-order valence-electron chi connectivity index (χ2n) is 6.33. The normalized spacial score (nSPS) is 19.0. The Balaban J connectivity index is 1.70. The SMILES string of the molecule is CCNc1nnc(SCC(=O)c2cc(C)n([C@@H]3CCS(=O)(=O)C3)c2C)s1. The average molecular weight is 415 g/mol. The van der Waals surface area contributed by atoms with Gasteiger partial charge in [-0.05, 0) is 33.3 Å². The molecule has 142 valence electrons. The lowest BCUT2D eigenvalue weighted by Crippen LogP contribution is -2.14. The van der Waals surface area contributed by atoms with Crippen LogP contribution in [0.1, 0.15) is 41.1 Å². The minimum atomic E-state index is -2.97. The van der Waals surface area contributed by atoms with Crippen molar-refractivity contribution in [3.63, 3.8) is 0 Å². The Morgan fingerprint density at radius 3 is 2.85 bits per heavy atom. The van der Waals surface area contributed by atoms with Crippen molar-refractivity contribution in [1.29, 1.82) is 0 Å². The lowest BCUT2D eigenvalue weighted by Gasteiger charge is -2.16. The van der Waals surface area contributed by atoms with Gasteiger partial charge in [0.2, 0.25) is 5.13 Å². The molecule has 0 unspecified atom stereocenters. The van der Waals surface area contributed by atoms with Crippen LogP contribution in [0.15, 0.2) is 10.4 Å². The molecule has 1 atom stereocenters. The Bertz CT molecular complexity index is 917. The molecule has 1 N–H and O–H groups in total. The summed E-state index contributed by atoms with van der Waals surface area (Å²) in [5.74, 6) is 0.687. The predicted octanol–water partition coefficient (Wildman–Crippen LogP) is 2.72. The Morgan fingerprint density at radius 2 is 2.19 bits per heavy atom. The molecule has 0 radical (unpaired) electrons. The third-order valence-corrected chi connectivity index (χ3v) is 8.18. The number of nitrogens with one attached hydrogen (secondary N) is 1. The highest BCUT2D eigenvalue weighted by Crippen LogP contribution is 2.31. The molecular formula is C16H22N4O3S3. The van der Waals surface area contributed by atoms with E-state index in [0.717, 1.165) is 27.4 Å². The van der Waals surface area contributed by atoms with Crippen LogP contribution in [0.2, 0.25) is 0 Å². The molecule has 0 saturated carbocycles. The Kier molecular flexibility index (Phi) is 5.73. The lowest BCUT2D eigenvalue weighted by atomic mass is 10.2. The molecule has 1 fully saturated rings. The van der Waals surface area contributed by atoms with Crippen LogP contribution in [0.3, 0.4) is 0 Å². The van der Waals surface area contributed by atoms with E-state index in [9.17, 15) is 13.2 Å². The second kappa shape index (κ2) is 7.69. The Labute approximate surface area is 161 Å². The van der Waals surface area contributed by atoms with Gasteiger partial charge in [-0.15, -0.1) is 10.2 Å². The van der Waals surface area contributed by atoms with Crippen molar-refractivity contribution in [2.45, 2.75) is 37.6 Å². The van der Waals surface area contributed by atoms with E-state index in [0.29, 0.717) is 12.0 Å². The zero-order valence-electron chi connectivity index (χ0n) is 15.0. The number of hydrogen-bond donors (Lipinski definition) is 1. The number of aromatic nitrogens is 3. The van der Waals surface area contributed by atoms with Gasteiger partial charge in [0.25, 0.3) is 0 Å². The highest BCUT2D eigenvalue weighted by atomic mass is 32.2. The third-order valence-electron chi connectivity index (χ3n) is 4.42. The zero-order valence-corrected chi connectivity index (χ0v) is 17.4. The number of ketones is 1. The first-order chi connectivity index (χ1) is 12.3. The number of anilines is 1. The monoisotopic (exact) mass is 414 g/mol. The van der Waals surface area contributed by atoms with Crippen LogP contribution < -0.4 is 5.32 Å². The molecule has 7 nitrogen and oxygen atoms in total. The summed E-state index contributed by atoms with van der Waals surface area (Å²) >= 11 is 2.81. The number of hydrogen-bond acceptors (Lipinski definition) is 8. The van der Waals surface area contributed by atoms with Crippen molar-refractivity contribution < 1.29 is 13.2 Å². The fourth-order valence-corrected chi connectivity index (χ4v) is 6.70. The molecule has 3 heterocycles. The molecule has 0 aromatic carbocycles. The molecular weight excluding hydrogens is 392 g/mol. The lowest BCUT2D eigenvalue weighted by molar-refractivity contribution is 0.102. The number of carbonyl (C=O) groups excluding carboxylic acids is 1. The molecule has 0 bridgehead atoms. The summed E-state index contributed by atoms with van der Waals surface area (Å²) in [6, 6.07) is 1.80. The fourth-order valence-electron chi connectivity index (χ4n) is 3.30. The van der Waals surface area contributed by atoms with Crippen LogP contribution >= 0.6 is 23.1 Å². The predicted molar refractivity (Wildman–Crippen MR) is 105 cm³/mol. The van der Waals surface area contributed by atoms with E-state index in [-0.39, 0.29) is 29.1 Å². The first kappa shape index (κ1) is 19.4. The highest BCUT2D eigenvalue weighted by molar-refractivity contribution is 8.01. The molecule has 26 heavy (non-hydrogen) atoms. The van der Waals surface area contributed by atoms with Crippen LogP contribution in [0.5, 0.6) is 0 Å². The summed E-state index contributed by atoms with van der Waals surface area (Å²) in [6.45, 7) is 6.59. The van der Waals surface area contributed by atoms with E-state index >= 15 is 0 Å². The van der Waals surface area contributed by atoms with Crippen molar-refractivity contribution in [3.05, 3.63) is 23.0 Å². The summed E-state index contributed by atoms with van der Waals surface area (Å²) in [4.78, 5) is 12.7. The van der Waals surface area contributed by atoms with Gasteiger partial charge in [-0.1, -0.05) is 23.1 Å². The zero-order chi connectivity index (χ0) is 18.9. The molecule has 0 aliphatic carbocycles. The first-order valence-electron chi connectivity index (χ1n) is 8.43. The van der Waals surface area contributed by atoms with E-state index in [1.807, 2.05) is 31.4 Å². The van der Waals surface area contributed by atoms with Gasteiger partial charge < -0.3 is 9.88 Å². The van der Waals surface area contributed by atoms with Crippen LogP contribution in [-0.4, -0.2) is 52.8 Å². The molecule has 1 saturated heterocycles. The molecule has 3 rings (SSSR count). The quantitative estimate of drug-likeness (QED) is 0.550. The number of sulfone groups is 1. The standard InChI is InChI=1S/C16H22N4O3S3/c1-4-17-15-18-19-16(25-15)24-8-14(21)13-7-10(2)20(11(13)3)12-5-6-26(22,23)9-12/h7,12H,4-6,8-9H2,1-3H3,(H,17,18)/t12-/m1/s1. The number of aryl methyl sites for hydroxylation is 1. The van der Waals surface area contributed by atoms with Crippen LogP contribution in [0, 0.1) is 13.8 Å². The van der Waals surface area contributed by atoms with Gasteiger partial charge in [-0.3, -0.25) is 4.79 Å². The van der Waals surface area contributed by atoms with Gasteiger partial charge in [0.15, 0.2) is 20.0 Å². The van der Waals surface area contributed by atoms with Crippen molar-refractivity contribution in [2.75, 3.05) is 29.1 Å². The average Bonchev–Trinajstić information content (AvgIpc) is 3.24. The molecule has 2 aromatic heterocycles. The van der Waals surface area contributed by atoms with Gasteiger partial charge in [0.05, 0.1) is 17.3 Å². The molecule has 10 heteroatoms. The van der Waals surface area contributed by atoms with E-state index < -0.39 is 9.84 Å². The molecule has 0 amide bonds. The topological polar surface area (TPSA) is 93.9 Å². The summed E-state index contributed by atoms with van der Waals surface area (Å²) in [7, 11) is -2.97. The molecule has 0 spiro atoms. The number of Topliss-reactive ketones (excluding diaryl/α,β-unsaturated/α-hetero) is 1. The fraction of sp³-hybridized carbons (Fsp3) is 0.562.